The standard InChI is InChI=1S/C24H31N5O.C16H22BrN5.C14H21BO3.C9H8BrN5/c1-7-9-18(10-8-2)29-21-14-16(4)25-23-22(27-28(24(21)23)17(5)26-29)20-12-11-19(30-6)13-15(20)3;1-5-7-12(8-6-2)22-13-9-10(3)18-14-15(13)21(11(4)19-22)20-16(14)17;1-10-9-11(16-6)7-8-12(10)15-17-13(2,3)14(4,5)18-15;1-4-3-6-8-7(11-4)9(10)14-15(8)5(2)12-13-6/h11-14,18H,7-10H2,1-6H3;9,12H,5-8H2,1-4H3;7-9H,1-6H3;3,13H,1-2H3. The third kappa shape index (κ3) is 12.5. The molecule has 22 heteroatoms. The molecule has 450 valence electrons. The van der Waals surface area contributed by atoms with Gasteiger partial charge >= 0.3 is 7.12 Å². The monoisotopic (exact) mass is 1280 g/mol. The van der Waals surface area contributed by atoms with Crippen LogP contribution in [0.4, 0.5) is 17.1 Å². The van der Waals surface area contributed by atoms with Crippen LogP contribution in [0.1, 0.15) is 156 Å². The van der Waals surface area contributed by atoms with Crippen molar-refractivity contribution in [1.29, 1.82) is 0 Å². The van der Waals surface area contributed by atoms with Crippen LogP contribution >= 0.6 is 31.9 Å². The van der Waals surface area contributed by atoms with Gasteiger partial charge in [-0.1, -0.05) is 59.4 Å². The van der Waals surface area contributed by atoms with Crippen LogP contribution in [-0.2, 0) is 9.31 Å². The van der Waals surface area contributed by atoms with Crippen LogP contribution in [-0.4, -0.2) is 106 Å². The van der Waals surface area contributed by atoms with E-state index >= 15 is 0 Å². The predicted molar refractivity (Wildman–Crippen MR) is 354 cm³/mol. The number of hydrogen-bond donors (Lipinski definition) is 1. The smallest absolute Gasteiger partial charge is 0.495 e. The number of hydrogen-bond acceptors (Lipinski definition) is 16. The first-order chi connectivity index (χ1) is 40.5. The average molecular weight is 1280 g/mol. The highest BCUT2D eigenvalue weighted by atomic mass is 79.9. The summed E-state index contributed by atoms with van der Waals surface area (Å²) in [4.78, 5) is 14.0. The van der Waals surface area contributed by atoms with Crippen molar-refractivity contribution < 1.29 is 18.8 Å². The molecule has 0 aliphatic carbocycles. The fourth-order valence-electron chi connectivity index (χ4n) is 11.3. The molecule has 10 heterocycles. The molecule has 8 aromatic rings. The summed E-state index contributed by atoms with van der Waals surface area (Å²) < 4.78 is 29.9. The van der Waals surface area contributed by atoms with E-state index in [1.165, 1.54) is 0 Å². The lowest BCUT2D eigenvalue weighted by Gasteiger charge is -2.32. The van der Waals surface area contributed by atoms with Gasteiger partial charge in [0, 0.05) is 22.6 Å². The van der Waals surface area contributed by atoms with Crippen LogP contribution in [0.2, 0.25) is 0 Å². The molecule has 1 N–H and O–H groups in total. The second kappa shape index (κ2) is 25.7. The Kier molecular flexibility index (Phi) is 19.0. The van der Waals surface area contributed by atoms with Gasteiger partial charge in [0.25, 0.3) is 0 Å². The number of ether oxygens (including phenoxy) is 2. The number of aryl methyl sites for hydroxylation is 5. The summed E-state index contributed by atoms with van der Waals surface area (Å²) in [7, 11) is 3.06. The molecule has 0 spiro atoms. The number of nitrogens with one attached hydrogen (secondary N) is 1. The molecule has 19 nitrogen and oxygen atoms in total. The SMILES string of the molecule is CC1=NNc2cc(C)nc3c(Br)nn1c23.CCCC(CCC)N1N=C(C)n2nc(-c3ccc(OC)cc3C)c3nc(C)cc1c32.CCCC(CCC)N1N=C(C)n2nc(Br)c3nc(C)cc1c32.COc1ccc(B2OC(C)(C)C(C)(C)O2)c(C)c1. The van der Waals surface area contributed by atoms with Crippen molar-refractivity contribution in [2.24, 2.45) is 15.3 Å². The number of aromatic nitrogens is 9. The molecule has 1 fully saturated rings. The van der Waals surface area contributed by atoms with Crippen molar-refractivity contribution >= 4 is 112 Å². The van der Waals surface area contributed by atoms with Crippen LogP contribution < -0.4 is 30.4 Å². The number of hydrazone groups is 3. The number of methoxy groups -OCH3 is 2. The summed E-state index contributed by atoms with van der Waals surface area (Å²) in [5.41, 5.74) is 19.6. The lowest BCUT2D eigenvalue weighted by Crippen LogP contribution is -2.41. The lowest BCUT2D eigenvalue weighted by molar-refractivity contribution is 0.00578. The van der Waals surface area contributed by atoms with Crippen LogP contribution in [0, 0.1) is 34.6 Å². The summed E-state index contributed by atoms with van der Waals surface area (Å²) in [5, 5.41) is 32.3. The number of rotatable bonds is 14. The number of pyridine rings is 3. The van der Waals surface area contributed by atoms with Gasteiger partial charge in [0.15, 0.2) is 9.21 Å². The molecule has 85 heavy (non-hydrogen) atoms. The van der Waals surface area contributed by atoms with E-state index < -0.39 is 0 Å². The summed E-state index contributed by atoms with van der Waals surface area (Å²) in [6, 6.07) is 19.1. The molecular formula is C63H82BBr2N15O4. The Labute approximate surface area is 517 Å². The molecule has 0 amide bonds. The van der Waals surface area contributed by atoms with Gasteiger partial charge in [0.2, 0.25) is 0 Å². The third-order valence-electron chi connectivity index (χ3n) is 16.3. The highest BCUT2D eigenvalue weighted by Gasteiger charge is 2.52. The molecular weight excluding hydrogens is 1200 g/mol. The van der Waals surface area contributed by atoms with Gasteiger partial charge in [-0.25, -0.2) is 29.0 Å². The molecule has 0 unspecified atom stereocenters. The van der Waals surface area contributed by atoms with E-state index in [-0.39, 0.29) is 18.3 Å². The van der Waals surface area contributed by atoms with Gasteiger partial charge in [0.1, 0.15) is 67.8 Å². The van der Waals surface area contributed by atoms with Crippen LogP contribution in [0.3, 0.4) is 0 Å². The minimum absolute atomic E-state index is 0.302. The van der Waals surface area contributed by atoms with Crippen molar-refractivity contribution in [3.63, 3.8) is 0 Å². The average Bonchev–Trinajstić information content (AvgIpc) is 1.85. The zero-order chi connectivity index (χ0) is 61.4. The maximum atomic E-state index is 6.04. The zero-order valence-corrected chi connectivity index (χ0v) is 55.9. The molecule has 0 radical (unpaired) electrons. The summed E-state index contributed by atoms with van der Waals surface area (Å²) in [6.45, 7) is 33.3. The molecule has 6 aromatic heterocycles. The molecule has 1 saturated heterocycles. The van der Waals surface area contributed by atoms with E-state index in [1.54, 1.807) is 18.9 Å². The molecule has 4 aliphatic rings. The Morgan fingerprint density at radius 3 is 1.46 bits per heavy atom. The highest BCUT2D eigenvalue weighted by molar-refractivity contribution is 9.10. The topological polar surface area (TPSA) is 185 Å². The first kappa shape index (κ1) is 62.8. The number of anilines is 3. The van der Waals surface area contributed by atoms with E-state index in [0.717, 1.165) is 185 Å². The van der Waals surface area contributed by atoms with Gasteiger partial charge in [0.05, 0.1) is 54.6 Å². The van der Waals surface area contributed by atoms with Gasteiger partial charge in [-0.05, 0) is 206 Å². The first-order valence-corrected chi connectivity index (χ1v) is 31.2. The van der Waals surface area contributed by atoms with Crippen LogP contribution in [0.15, 0.2) is 79.1 Å². The maximum absolute atomic E-state index is 6.04. The van der Waals surface area contributed by atoms with E-state index in [4.69, 9.17) is 39.1 Å². The van der Waals surface area contributed by atoms with E-state index in [9.17, 15) is 0 Å². The maximum Gasteiger partial charge on any atom is 0.495 e. The summed E-state index contributed by atoms with van der Waals surface area (Å²) in [6.07, 6.45) is 9.11. The molecule has 4 aliphatic heterocycles. The van der Waals surface area contributed by atoms with E-state index in [2.05, 4.69) is 160 Å². The Balaban J connectivity index is 0.000000140. The van der Waals surface area contributed by atoms with Crippen LogP contribution in [0.25, 0.3) is 44.4 Å². The molecule has 0 saturated carbocycles. The number of nitrogens with zero attached hydrogens (tertiary/aromatic N) is 14. The number of halogens is 2. The predicted octanol–water partition coefficient (Wildman–Crippen LogP) is 14.6. The Bertz CT molecular complexity index is 3860. The molecule has 2 aromatic carbocycles. The minimum Gasteiger partial charge on any atom is -0.497 e. The lowest BCUT2D eigenvalue weighted by atomic mass is 9.76. The molecule has 0 bridgehead atoms. The van der Waals surface area contributed by atoms with Crippen molar-refractivity contribution in [3.05, 3.63) is 92.0 Å². The zero-order valence-electron chi connectivity index (χ0n) is 52.7. The molecule has 12 rings (SSSR count). The summed E-state index contributed by atoms with van der Waals surface area (Å²) >= 11 is 6.94. The van der Waals surface area contributed by atoms with Gasteiger partial charge in [-0.3, -0.25) is 15.4 Å². The van der Waals surface area contributed by atoms with E-state index in [0.29, 0.717) is 12.1 Å². The third-order valence-corrected chi connectivity index (χ3v) is 17.3. The fourth-order valence-corrected chi connectivity index (χ4v) is 12.2. The second-order valence-electron chi connectivity index (χ2n) is 23.3. The van der Waals surface area contributed by atoms with Gasteiger partial charge < -0.3 is 18.8 Å². The number of benzene rings is 2. The minimum atomic E-state index is -0.305. The molecule has 0 atom stereocenters. The largest absolute Gasteiger partial charge is 0.497 e. The quantitative estimate of drug-likeness (QED) is 0.102. The van der Waals surface area contributed by atoms with E-state index in [1.807, 2.05) is 87.3 Å². The summed E-state index contributed by atoms with van der Waals surface area (Å²) in [5.74, 6) is 4.29. The van der Waals surface area contributed by atoms with Crippen molar-refractivity contribution in [2.75, 3.05) is 29.7 Å². The normalized spacial score (nSPS) is 15.3. The van der Waals surface area contributed by atoms with Crippen molar-refractivity contribution in [3.8, 4) is 22.8 Å². The van der Waals surface area contributed by atoms with Crippen LogP contribution in [0.5, 0.6) is 11.5 Å². The Morgan fingerprint density at radius 2 is 0.976 bits per heavy atom. The Morgan fingerprint density at radius 1 is 0.541 bits per heavy atom. The highest BCUT2D eigenvalue weighted by Crippen LogP contribution is 2.41. The van der Waals surface area contributed by atoms with Crippen molar-refractivity contribution in [1.82, 2.24) is 44.3 Å². The Hall–Kier alpha value is -6.75. The van der Waals surface area contributed by atoms with Crippen molar-refractivity contribution in [2.45, 2.75) is 185 Å². The second-order valence-corrected chi connectivity index (χ2v) is 24.8. The van der Waals surface area contributed by atoms with Gasteiger partial charge in [-0.2, -0.15) is 30.6 Å². The first-order valence-electron chi connectivity index (χ1n) is 29.7. The van der Waals surface area contributed by atoms with Gasteiger partial charge in [-0.15, -0.1) is 0 Å². The fraction of sp³-hybridized carbons (Fsp3) is 0.476.